The lowest BCUT2D eigenvalue weighted by Gasteiger charge is -2.34. The smallest absolute Gasteiger partial charge is 0.395 e. The van der Waals surface area contributed by atoms with Crippen LogP contribution in [0, 0.1) is 25.7 Å². The molecule has 3 N–H and O–H groups in total. The number of aliphatic hydroxyl groups excluding tert-OH is 1. The summed E-state index contributed by atoms with van der Waals surface area (Å²) < 4.78 is 44.0. The maximum Gasteiger partial charge on any atom is 0.416 e. The lowest BCUT2D eigenvalue weighted by Crippen LogP contribution is -2.46. The van der Waals surface area contributed by atoms with E-state index in [1.807, 2.05) is 30.4 Å². The van der Waals surface area contributed by atoms with Gasteiger partial charge in [-0.1, -0.05) is 18.1 Å². The molecule has 0 bridgehead atoms. The average Bonchev–Trinajstić information content (AvgIpc) is 3.58. The van der Waals surface area contributed by atoms with Gasteiger partial charge in [0.2, 0.25) is 0 Å². The zero-order chi connectivity index (χ0) is 31.4. The van der Waals surface area contributed by atoms with Gasteiger partial charge in [-0.2, -0.15) is 13.2 Å². The Labute approximate surface area is 253 Å². The number of aromatic nitrogens is 4. The highest BCUT2D eigenvalue weighted by molar-refractivity contribution is 6.04. The molecule has 2 aromatic carbocycles. The van der Waals surface area contributed by atoms with Crippen molar-refractivity contribution in [2.75, 3.05) is 44.6 Å². The SMILES string of the molecule is Cc1cnc(-c2nc(C#Cc3cc(C(=O)Nc4ccc(CN5CCN(CCO)CC5)c(C(F)(F)F)c4)ccc3C)cn2C)[nH]1. The molecule has 0 saturated carbocycles. The number of aryl methyl sites for hydroxylation is 3. The van der Waals surface area contributed by atoms with E-state index in [2.05, 4.69) is 37.0 Å². The predicted octanol–water partition coefficient (Wildman–Crippen LogP) is 4.21. The molecule has 0 aliphatic carbocycles. The first kappa shape index (κ1) is 31.0. The van der Waals surface area contributed by atoms with E-state index in [0.717, 1.165) is 17.3 Å². The first-order valence-electron chi connectivity index (χ1n) is 14.2. The summed E-state index contributed by atoms with van der Waals surface area (Å²) in [6.07, 6.45) is -1.08. The highest BCUT2D eigenvalue weighted by Gasteiger charge is 2.34. The zero-order valence-corrected chi connectivity index (χ0v) is 24.8. The summed E-state index contributed by atoms with van der Waals surface area (Å²) in [6, 6.07) is 8.90. The van der Waals surface area contributed by atoms with Gasteiger partial charge in [0, 0.05) is 81.2 Å². The van der Waals surface area contributed by atoms with E-state index >= 15 is 0 Å². The Morgan fingerprint density at radius 3 is 2.50 bits per heavy atom. The molecule has 2 aromatic heterocycles. The van der Waals surface area contributed by atoms with Gasteiger partial charge in [-0.15, -0.1) is 0 Å². The molecule has 4 aromatic rings. The van der Waals surface area contributed by atoms with E-state index in [4.69, 9.17) is 5.11 Å². The highest BCUT2D eigenvalue weighted by atomic mass is 19.4. The lowest BCUT2D eigenvalue weighted by atomic mass is 10.0. The molecule has 44 heavy (non-hydrogen) atoms. The molecule has 1 aliphatic rings. The average molecular weight is 606 g/mol. The quantitative estimate of drug-likeness (QED) is 0.273. The summed E-state index contributed by atoms with van der Waals surface area (Å²) in [5.74, 6) is 6.82. The van der Waals surface area contributed by atoms with Crippen LogP contribution in [-0.4, -0.2) is 79.7 Å². The van der Waals surface area contributed by atoms with Crippen LogP contribution in [0.2, 0.25) is 0 Å². The van der Waals surface area contributed by atoms with Crippen molar-refractivity contribution in [3.05, 3.63) is 88.0 Å². The maximum absolute atomic E-state index is 14.1. The lowest BCUT2D eigenvalue weighted by molar-refractivity contribution is -0.138. The molecular weight excluding hydrogens is 571 g/mol. The molecule has 1 fully saturated rings. The summed E-state index contributed by atoms with van der Waals surface area (Å²) >= 11 is 0. The molecule has 1 saturated heterocycles. The van der Waals surface area contributed by atoms with Gasteiger partial charge in [0.05, 0.1) is 12.2 Å². The number of H-pyrrole nitrogens is 1. The van der Waals surface area contributed by atoms with Gasteiger partial charge in [-0.25, -0.2) is 9.97 Å². The van der Waals surface area contributed by atoms with Crippen molar-refractivity contribution in [3.8, 4) is 23.5 Å². The van der Waals surface area contributed by atoms with Crippen LogP contribution in [0.25, 0.3) is 11.6 Å². The number of alkyl halides is 3. The molecule has 0 radical (unpaired) electrons. The number of hydrogen-bond donors (Lipinski definition) is 3. The number of rotatable bonds is 7. The van der Waals surface area contributed by atoms with Crippen molar-refractivity contribution < 1.29 is 23.1 Å². The third kappa shape index (κ3) is 7.37. The Bertz CT molecular complexity index is 1710. The fourth-order valence-electron chi connectivity index (χ4n) is 5.11. The largest absolute Gasteiger partial charge is 0.416 e. The molecule has 12 heteroatoms. The predicted molar refractivity (Wildman–Crippen MR) is 161 cm³/mol. The minimum atomic E-state index is -4.58. The van der Waals surface area contributed by atoms with Gasteiger partial charge in [-0.3, -0.25) is 14.6 Å². The summed E-state index contributed by atoms with van der Waals surface area (Å²) in [7, 11) is 1.85. The molecule has 0 atom stereocenters. The first-order valence-corrected chi connectivity index (χ1v) is 14.2. The Kier molecular flexibility index (Phi) is 9.20. The van der Waals surface area contributed by atoms with Crippen LogP contribution in [-0.2, 0) is 19.8 Å². The number of benzene rings is 2. The Morgan fingerprint density at radius 1 is 1.07 bits per heavy atom. The zero-order valence-electron chi connectivity index (χ0n) is 24.8. The van der Waals surface area contributed by atoms with Crippen LogP contribution in [0.15, 0.2) is 48.8 Å². The summed E-state index contributed by atoms with van der Waals surface area (Å²) in [6.45, 7) is 7.13. The molecule has 1 amide bonds. The van der Waals surface area contributed by atoms with Crippen LogP contribution >= 0.6 is 0 Å². The number of amides is 1. The number of hydrogen-bond acceptors (Lipinski definition) is 6. The van der Waals surface area contributed by atoms with Crippen molar-refractivity contribution in [2.24, 2.45) is 7.05 Å². The third-order valence-electron chi connectivity index (χ3n) is 7.56. The second-order valence-electron chi connectivity index (χ2n) is 10.9. The maximum atomic E-state index is 14.1. The second kappa shape index (κ2) is 13.1. The number of imidazole rings is 2. The van der Waals surface area contributed by atoms with Crippen molar-refractivity contribution >= 4 is 11.6 Å². The topological polar surface area (TPSA) is 102 Å². The second-order valence-corrected chi connectivity index (χ2v) is 10.9. The summed E-state index contributed by atoms with van der Waals surface area (Å²) in [5, 5.41) is 11.7. The van der Waals surface area contributed by atoms with Crippen LogP contribution < -0.4 is 5.32 Å². The summed E-state index contributed by atoms with van der Waals surface area (Å²) in [5.41, 5.74) is 2.58. The number of piperazine rings is 1. The number of carbonyl (C=O) groups excluding carboxylic acids is 1. The van der Waals surface area contributed by atoms with Crippen molar-refractivity contribution in [2.45, 2.75) is 26.6 Å². The van der Waals surface area contributed by atoms with Gasteiger partial charge in [0.25, 0.3) is 5.91 Å². The van der Waals surface area contributed by atoms with Gasteiger partial charge in [0.1, 0.15) is 5.69 Å². The van der Waals surface area contributed by atoms with Gasteiger partial charge >= 0.3 is 6.18 Å². The number of nitrogens with zero attached hydrogens (tertiary/aromatic N) is 5. The van der Waals surface area contributed by atoms with Gasteiger partial charge in [-0.05, 0) is 55.2 Å². The first-order chi connectivity index (χ1) is 21.0. The number of aromatic amines is 1. The van der Waals surface area contributed by atoms with Crippen molar-refractivity contribution in [1.82, 2.24) is 29.3 Å². The summed E-state index contributed by atoms with van der Waals surface area (Å²) in [4.78, 5) is 29.2. The number of carbonyl (C=O) groups is 1. The van der Waals surface area contributed by atoms with Crippen LogP contribution in [0.5, 0.6) is 0 Å². The van der Waals surface area contributed by atoms with Crippen LogP contribution in [0.3, 0.4) is 0 Å². The van der Waals surface area contributed by atoms with Crippen LogP contribution in [0.1, 0.15) is 44.0 Å². The van der Waals surface area contributed by atoms with E-state index < -0.39 is 17.6 Å². The Hall–Kier alpha value is -4.44. The molecule has 1 aliphatic heterocycles. The Morgan fingerprint density at radius 2 is 1.82 bits per heavy atom. The highest BCUT2D eigenvalue weighted by Crippen LogP contribution is 2.35. The molecule has 3 heterocycles. The molecule has 9 nitrogen and oxygen atoms in total. The fourth-order valence-corrected chi connectivity index (χ4v) is 5.11. The monoisotopic (exact) mass is 605 g/mol. The van der Waals surface area contributed by atoms with Crippen molar-refractivity contribution in [1.29, 1.82) is 0 Å². The number of anilines is 1. The van der Waals surface area contributed by atoms with Gasteiger partial charge in [0.15, 0.2) is 11.6 Å². The van der Waals surface area contributed by atoms with E-state index in [1.54, 1.807) is 30.6 Å². The minimum Gasteiger partial charge on any atom is -0.395 e. The number of nitrogens with one attached hydrogen (secondary N) is 2. The van der Waals surface area contributed by atoms with E-state index in [9.17, 15) is 18.0 Å². The molecule has 0 spiro atoms. The molecular formula is C32H34F3N7O2. The standard InChI is InChI=1S/C32H34F3N7O2/c1-21-4-5-24(16-23(21)6-9-27-20-40(3)30(38-27)29-36-18-22(2)37-29)31(44)39-26-8-7-25(28(17-26)32(33,34)35)19-42-12-10-41(11-13-42)14-15-43/h4-5,7-8,16-18,20,43H,10-15,19H2,1-3H3,(H,36,37)(H,39,44). The normalized spacial score (nSPS) is 14.3. The van der Waals surface area contributed by atoms with E-state index in [-0.39, 0.29) is 30.0 Å². The molecule has 230 valence electrons. The molecule has 0 unspecified atom stereocenters. The third-order valence-corrected chi connectivity index (χ3v) is 7.56. The van der Waals surface area contributed by atoms with Crippen molar-refractivity contribution in [3.63, 3.8) is 0 Å². The van der Waals surface area contributed by atoms with E-state index in [1.165, 1.54) is 12.1 Å². The minimum absolute atomic E-state index is 0.0567. The van der Waals surface area contributed by atoms with Crippen LogP contribution in [0.4, 0.5) is 18.9 Å². The van der Waals surface area contributed by atoms with Gasteiger partial charge < -0.3 is 20.0 Å². The Balaban J connectivity index is 1.30. The van der Waals surface area contributed by atoms with E-state index in [0.29, 0.717) is 55.6 Å². The number of halogens is 3. The molecule has 5 rings (SSSR count). The number of β-amino-alcohol motifs (C(OH)–C–C–N with tert-alkyl or cyclic N) is 1. The number of aliphatic hydroxyl groups is 1. The fraction of sp³-hybridized carbons (Fsp3) is 0.344.